The third-order valence-electron chi connectivity index (χ3n) is 3.38. The summed E-state index contributed by atoms with van der Waals surface area (Å²) in [5.74, 6) is -0.828. The van der Waals surface area contributed by atoms with Gasteiger partial charge in [0.2, 0.25) is 0 Å². The number of rotatable bonds is 2. The molecule has 2 aromatic rings. The van der Waals surface area contributed by atoms with Crippen molar-refractivity contribution in [3.63, 3.8) is 0 Å². The molecule has 3 rings (SSSR count). The zero-order chi connectivity index (χ0) is 15.7. The number of anilines is 1. The van der Waals surface area contributed by atoms with Crippen LogP contribution >= 0.6 is 12.2 Å². The maximum atomic E-state index is 12.7. The molecule has 0 unspecified atom stereocenters. The van der Waals surface area contributed by atoms with E-state index in [1.54, 1.807) is 43.6 Å². The number of benzene rings is 1. The predicted octanol–water partition coefficient (Wildman–Crippen LogP) is 2.19. The smallest absolute Gasteiger partial charge is 0.270 e. The van der Waals surface area contributed by atoms with Crippen LogP contribution in [0.5, 0.6) is 0 Å². The van der Waals surface area contributed by atoms with E-state index < -0.39 is 11.8 Å². The third kappa shape index (κ3) is 2.33. The molecule has 0 aliphatic carbocycles. The maximum Gasteiger partial charge on any atom is 0.270 e. The van der Waals surface area contributed by atoms with Crippen molar-refractivity contribution >= 4 is 40.9 Å². The molecule has 1 aromatic heterocycles. The van der Waals surface area contributed by atoms with Crippen LogP contribution in [0.15, 0.2) is 54.2 Å². The Labute approximate surface area is 132 Å². The minimum atomic E-state index is -0.422. The summed E-state index contributed by atoms with van der Waals surface area (Å²) in [4.78, 5) is 30.7. The van der Waals surface area contributed by atoms with Crippen LogP contribution in [0.4, 0.5) is 5.69 Å². The fraction of sp³-hybridized carbons (Fsp3) is 0.0625. The van der Waals surface area contributed by atoms with E-state index in [1.807, 2.05) is 18.2 Å². The molecule has 1 saturated heterocycles. The van der Waals surface area contributed by atoms with Gasteiger partial charge in [0.05, 0.1) is 5.69 Å². The van der Waals surface area contributed by atoms with E-state index >= 15 is 0 Å². The normalized spacial score (nSPS) is 17.5. The molecule has 0 radical (unpaired) electrons. The SMILES string of the molecule is CN1C(=O)C(=Cc2ccc[nH]2)C(=O)N(c2ccccc2)C1=S. The van der Waals surface area contributed by atoms with Crippen molar-refractivity contribution in [1.29, 1.82) is 0 Å². The average molecular weight is 311 g/mol. The highest BCUT2D eigenvalue weighted by Crippen LogP contribution is 2.24. The summed E-state index contributed by atoms with van der Waals surface area (Å²) in [6.45, 7) is 0. The van der Waals surface area contributed by atoms with Gasteiger partial charge in [-0.1, -0.05) is 18.2 Å². The van der Waals surface area contributed by atoms with Crippen molar-refractivity contribution in [2.24, 2.45) is 0 Å². The Kier molecular flexibility index (Phi) is 3.60. The Morgan fingerprint density at radius 2 is 1.77 bits per heavy atom. The van der Waals surface area contributed by atoms with Crippen LogP contribution in [0, 0.1) is 0 Å². The summed E-state index contributed by atoms with van der Waals surface area (Å²) < 4.78 is 0. The van der Waals surface area contributed by atoms with Gasteiger partial charge in [-0.05, 0) is 42.6 Å². The second kappa shape index (κ2) is 5.57. The van der Waals surface area contributed by atoms with Gasteiger partial charge in [-0.15, -0.1) is 0 Å². The zero-order valence-corrected chi connectivity index (χ0v) is 12.6. The zero-order valence-electron chi connectivity index (χ0n) is 11.8. The Bertz CT molecular complexity index is 766. The number of H-pyrrole nitrogens is 1. The van der Waals surface area contributed by atoms with Gasteiger partial charge in [0, 0.05) is 18.9 Å². The molecule has 5 nitrogen and oxygen atoms in total. The van der Waals surface area contributed by atoms with Crippen LogP contribution in [-0.4, -0.2) is 33.9 Å². The van der Waals surface area contributed by atoms with E-state index in [0.717, 1.165) is 0 Å². The van der Waals surface area contributed by atoms with Crippen LogP contribution in [-0.2, 0) is 9.59 Å². The van der Waals surface area contributed by atoms with Crippen molar-refractivity contribution in [2.45, 2.75) is 0 Å². The van der Waals surface area contributed by atoms with E-state index in [4.69, 9.17) is 12.2 Å². The molecule has 2 amide bonds. The fourth-order valence-electron chi connectivity index (χ4n) is 2.23. The molecule has 1 aliphatic heterocycles. The largest absolute Gasteiger partial charge is 0.362 e. The molecule has 0 saturated carbocycles. The van der Waals surface area contributed by atoms with Crippen molar-refractivity contribution in [3.8, 4) is 0 Å². The van der Waals surface area contributed by atoms with E-state index in [2.05, 4.69) is 4.98 Å². The van der Waals surface area contributed by atoms with E-state index in [0.29, 0.717) is 11.4 Å². The van der Waals surface area contributed by atoms with Crippen molar-refractivity contribution in [2.75, 3.05) is 11.9 Å². The quantitative estimate of drug-likeness (QED) is 0.525. The predicted molar refractivity (Wildman–Crippen MR) is 88.1 cm³/mol. The van der Waals surface area contributed by atoms with Crippen molar-refractivity contribution in [1.82, 2.24) is 9.88 Å². The molecule has 1 aromatic carbocycles. The van der Waals surface area contributed by atoms with Crippen LogP contribution in [0.3, 0.4) is 0 Å². The first-order valence-corrected chi connectivity index (χ1v) is 7.07. The van der Waals surface area contributed by atoms with Gasteiger partial charge < -0.3 is 4.98 Å². The van der Waals surface area contributed by atoms with E-state index in [9.17, 15) is 9.59 Å². The number of hydrogen-bond donors (Lipinski definition) is 1. The number of carbonyl (C=O) groups is 2. The number of hydrogen-bond acceptors (Lipinski definition) is 3. The van der Waals surface area contributed by atoms with E-state index in [1.165, 1.54) is 9.80 Å². The number of carbonyl (C=O) groups excluding carboxylic acids is 2. The van der Waals surface area contributed by atoms with Gasteiger partial charge in [0.1, 0.15) is 5.57 Å². The highest BCUT2D eigenvalue weighted by Gasteiger charge is 2.38. The monoisotopic (exact) mass is 311 g/mol. The lowest BCUT2D eigenvalue weighted by atomic mass is 10.1. The molecular weight excluding hydrogens is 298 g/mol. The number of aromatic nitrogens is 1. The highest BCUT2D eigenvalue weighted by molar-refractivity contribution is 7.80. The summed E-state index contributed by atoms with van der Waals surface area (Å²) in [5.41, 5.74) is 1.39. The second-order valence-electron chi connectivity index (χ2n) is 4.81. The first-order chi connectivity index (χ1) is 10.6. The van der Waals surface area contributed by atoms with E-state index in [-0.39, 0.29) is 10.7 Å². The molecule has 6 heteroatoms. The Hall–Kier alpha value is -2.73. The minimum Gasteiger partial charge on any atom is -0.362 e. The molecule has 0 spiro atoms. The summed E-state index contributed by atoms with van der Waals surface area (Å²) in [6.07, 6.45) is 3.27. The lowest BCUT2D eigenvalue weighted by Gasteiger charge is -2.34. The molecule has 22 heavy (non-hydrogen) atoms. The Morgan fingerprint density at radius 3 is 2.41 bits per heavy atom. The van der Waals surface area contributed by atoms with Gasteiger partial charge >= 0.3 is 0 Å². The summed E-state index contributed by atoms with van der Waals surface area (Å²) in [6, 6.07) is 12.6. The second-order valence-corrected chi connectivity index (χ2v) is 5.17. The molecule has 1 aliphatic rings. The molecular formula is C16H13N3O2S. The standard InChI is InChI=1S/C16H13N3O2S/c1-18-14(20)13(10-11-6-5-9-17-11)15(21)19(16(18)22)12-7-3-2-4-8-12/h2-10,17H,1H3. The number of para-hydroxylation sites is 1. The van der Waals surface area contributed by atoms with Gasteiger partial charge in [0.15, 0.2) is 5.11 Å². The number of likely N-dealkylation sites (N-methyl/N-ethyl adjacent to an activating group) is 1. The average Bonchev–Trinajstić information content (AvgIpc) is 3.04. The minimum absolute atomic E-state index is 0.0717. The molecule has 0 bridgehead atoms. The molecule has 1 fully saturated rings. The van der Waals surface area contributed by atoms with Crippen LogP contribution in [0.2, 0.25) is 0 Å². The van der Waals surface area contributed by atoms with Gasteiger partial charge in [-0.25, -0.2) is 0 Å². The lowest BCUT2D eigenvalue weighted by Crippen LogP contribution is -2.54. The Morgan fingerprint density at radius 1 is 1.05 bits per heavy atom. The van der Waals surface area contributed by atoms with Crippen LogP contribution in [0.25, 0.3) is 6.08 Å². The maximum absolute atomic E-state index is 12.7. The highest BCUT2D eigenvalue weighted by atomic mass is 32.1. The summed E-state index contributed by atoms with van der Waals surface area (Å²) >= 11 is 5.26. The lowest BCUT2D eigenvalue weighted by molar-refractivity contribution is -0.127. The molecule has 0 atom stereocenters. The number of nitrogens with one attached hydrogen (secondary N) is 1. The van der Waals surface area contributed by atoms with Gasteiger partial charge in [0.25, 0.3) is 11.8 Å². The first-order valence-electron chi connectivity index (χ1n) is 6.66. The van der Waals surface area contributed by atoms with Crippen molar-refractivity contribution < 1.29 is 9.59 Å². The molecule has 1 N–H and O–H groups in total. The summed E-state index contributed by atoms with van der Waals surface area (Å²) in [5, 5.41) is 0.171. The molecule has 2 heterocycles. The number of nitrogens with zero attached hydrogens (tertiary/aromatic N) is 2. The van der Waals surface area contributed by atoms with Gasteiger partial charge in [-0.3, -0.25) is 19.4 Å². The fourth-order valence-corrected chi connectivity index (χ4v) is 2.51. The number of amides is 2. The van der Waals surface area contributed by atoms with Crippen LogP contribution < -0.4 is 4.90 Å². The summed E-state index contributed by atoms with van der Waals surface area (Å²) in [7, 11) is 1.57. The third-order valence-corrected chi connectivity index (χ3v) is 3.84. The first kappa shape index (κ1) is 14.2. The van der Waals surface area contributed by atoms with Gasteiger partial charge in [-0.2, -0.15) is 0 Å². The molecule has 110 valence electrons. The van der Waals surface area contributed by atoms with Crippen LogP contribution in [0.1, 0.15) is 5.69 Å². The Balaban J connectivity index is 2.07. The van der Waals surface area contributed by atoms with Crippen molar-refractivity contribution in [3.05, 3.63) is 59.9 Å². The number of aromatic amines is 1. The topological polar surface area (TPSA) is 56.4 Å². The number of thiocarbonyl (C=S) groups is 1.